The number of fused-ring (bicyclic) bond motifs is 3. The van der Waals surface area contributed by atoms with Crippen molar-refractivity contribution in [3.8, 4) is 16.9 Å². The predicted octanol–water partition coefficient (Wildman–Crippen LogP) is 6.07. The van der Waals surface area contributed by atoms with Gasteiger partial charge in [0, 0.05) is 12.3 Å². The number of carbonyl (C=O) groups is 3. The van der Waals surface area contributed by atoms with E-state index in [9.17, 15) is 32.7 Å². The number of rotatable bonds is 8. The van der Waals surface area contributed by atoms with E-state index in [0.29, 0.717) is 0 Å². The minimum Gasteiger partial charge on any atom is -0.480 e. The molecule has 0 bridgehead atoms. The van der Waals surface area contributed by atoms with E-state index in [2.05, 4.69) is 10.1 Å². The van der Waals surface area contributed by atoms with Gasteiger partial charge in [0.05, 0.1) is 5.56 Å². The Balaban J connectivity index is 1.49. The van der Waals surface area contributed by atoms with Crippen LogP contribution in [-0.4, -0.2) is 47.8 Å². The Kier molecular flexibility index (Phi) is 8.27. The maximum absolute atomic E-state index is 12.9. The Morgan fingerprint density at radius 2 is 1.51 bits per heavy atom. The number of alkyl halides is 3. The van der Waals surface area contributed by atoms with Gasteiger partial charge in [-0.15, -0.1) is 13.2 Å². The van der Waals surface area contributed by atoms with Crippen LogP contribution >= 0.6 is 0 Å². The molecular weight excluding hydrogens is 543 g/mol. The smallest absolute Gasteiger partial charge is 0.480 e. The summed E-state index contributed by atoms with van der Waals surface area (Å²) in [4.78, 5) is 37.2. The number of ether oxygens (including phenoxy) is 3. The lowest BCUT2D eigenvalue weighted by molar-refractivity contribution is -0.274. The topological polar surface area (TPSA) is 111 Å². The number of nitrogens with one attached hydrogen (secondary N) is 1. The Morgan fingerprint density at radius 1 is 0.927 bits per heavy atom. The molecule has 0 heterocycles. The molecule has 1 amide bonds. The molecule has 0 radical (unpaired) electrons. The van der Waals surface area contributed by atoms with E-state index in [1.807, 2.05) is 48.5 Å². The van der Waals surface area contributed by atoms with Gasteiger partial charge >= 0.3 is 24.4 Å². The monoisotopic (exact) mass is 571 g/mol. The van der Waals surface area contributed by atoms with Gasteiger partial charge in [-0.25, -0.2) is 14.4 Å². The number of hydrogen-bond donors (Lipinski definition) is 2. The molecule has 216 valence electrons. The van der Waals surface area contributed by atoms with Gasteiger partial charge in [-0.2, -0.15) is 0 Å². The van der Waals surface area contributed by atoms with E-state index in [-0.39, 0.29) is 23.7 Å². The number of carbonyl (C=O) groups excluding carboxylic acids is 2. The van der Waals surface area contributed by atoms with Crippen molar-refractivity contribution in [2.45, 2.75) is 51.1 Å². The summed E-state index contributed by atoms with van der Waals surface area (Å²) in [6, 6.07) is 16.8. The van der Waals surface area contributed by atoms with Gasteiger partial charge in [-0.05, 0) is 66.8 Å². The molecule has 0 saturated carbocycles. The van der Waals surface area contributed by atoms with E-state index in [1.54, 1.807) is 20.8 Å². The van der Waals surface area contributed by atoms with Crippen molar-refractivity contribution in [2.75, 3.05) is 6.61 Å². The van der Waals surface area contributed by atoms with Crippen molar-refractivity contribution in [3.63, 3.8) is 0 Å². The molecule has 1 aliphatic rings. The van der Waals surface area contributed by atoms with Gasteiger partial charge < -0.3 is 24.6 Å². The fourth-order valence-electron chi connectivity index (χ4n) is 4.64. The second-order valence-electron chi connectivity index (χ2n) is 10.5. The summed E-state index contributed by atoms with van der Waals surface area (Å²) in [5.41, 5.74) is 2.73. The van der Waals surface area contributed by atoms with Crippen LogP contribution in [0.15, 0.2) is 66.7 Å². The van der Waals surface area contributed by atoms with Crippen molar-refractivity contribution >= 4 is 18.0 Å². The van der Waals surface area contributed by atoms with E-state index < -0.39 is 48.2 Å². The average Bonchev–Trinajstić information content (AvgIpc) is 3.18. The molecule has 4 rings (SSSR count). The first kappa shape index (κ1) is 29.4. The number of carboxylic acids is 1. The Labute approximate surface area is 234 Å². The van der Waals surface area contributed by atoms with Crippen LogP contribution in [0.25, 0.3) is 11.1 Å². The standard InChI is InChI=1S/C30H28F3NO7/c1-29(2,3)41-27(37)18-12-17(13-19(15-18)40-30(31,32)33)14-25(26(35)36)34-28(38)39-16-24-22-10-6-4-8-20(22)21-9-5-7-11-23(21)24/h4-13,15,24-25H,14,16H2,1-3H3,(H,34,38)(H,35,36)/t25-/m0/s1. The third kappa shape index (κ3) is 7.56. The van der Waals surface area contributed by atoms with Crippen LogP contribution in [0, 0.1) is 0 Å². The number of alkyl carbamates (subject to hydrolysis) is 1. The largest absolute Gasteiger partial charge is 0.573 e. The van der Waals surface area contributed by atoms with E-state index in [0.717, 1.165) is 34.4 Å². The lowest BCUT2D eigenvalue weighted by atomic mass is 9.98. The van der Waals surface area contributed by atoms with Gasteiger partial charge in [0.1, 0.15) is 24.0 Å². The zero-order chi connectivity index (χ0) is 29.9. The average molecular weight is 572 g/mol. The molecule has 0 spiro atoms. The van der Waals surface area contributed by atoms with Crippen molar-refractivity contribution < 1.29 is 46.9 Å². The van der Waals surface area contributed by atoms with E-state index in [4.69, 9.17) is 9.47 Å². The number of hydrogen-bond acceptors (Lipinski definition) is 6. The van der Waals surface area contributed by atoms with E-state index in [1.165, 1.54) is 6.07 Å². The summed E-state index contributed by atoms with van der Waals surface area (Å²) in [6.07, 6.45) is -6.55. The van der Waals surface area contributed by atoms with Gasteiger partial charge in [-0.1, -0.05) is 48.5 Å². The third-order valence-electron chi connectivity index (χ3n) is 6.21. The molecule has 3 aromatic carbocycles. The number of amides is 1. The maximum Gasteiger partial charge on any atom is 0.573 e. The van der Waals surface area contributed by atoms with Crippen LogP contribution in [0.3, 0.4) is 0 Å². The highest BCUT2D eigenvalue weighted by molar-refractivity contribution is 5.90. The number of aliphatic carboxylic acids is 1. The number of halogens is 3. The minimum atomic E-state index is -5.06. The fraction of sp³-hybridized carbons (Fsp3) is 0.300. The molecule has 1 aliphatic carbocycles. The molecule has 11 heteroatoms. The number of esters is 1. The predicted molar refractivity (Wildman–Crippen MR) is 142 cm³/mol. The van der Waals surface area contributed by atoms with Crippen LogP contribution in [0.4, 0.5) is 18.0 Å². The molecular formula is C30H28F3NO7. The van der Waals surface area contributed by atoms with Gasteiger partial charge in [0.2, 0.25) is 0 Å². The van der Waals surface area contributed by atoms with Crippen LogP contribution in [0.1, 0.15) is 53.7 Å². The highest BCUT2D eigenvalue weighted by Gasteiger charge is 2.33. The highest BCUT2D eigenvalue weighted by Crippen LogP contribution is 2.44. The molecule has 3 aromatic rings. The van der Waals surface area contributed by atoms with Crippen LogP contribution in [0.5, 0.6) is 5.75 Å². The van der Waals surface area contributed by atoms with Crippen molar-refractivity contribution in [1.82, 2.24) is 5.32 Å². The van der Waals surface area contributed by atoms with Crippen molar-refractivity contribution in [2.24, 2.45) is 0 Å². The zero-order valence-corrected chi connectivity index (χ0v) is 22.5. The zero-order valence-electron chi connectivity index (χ0n) is 22.5. The molecule has 1 atom stereocenters. The van der Waals surface area contributed by atoms with Crippen LogP contribution in [-0.2, 0) is 20.7 Å². The highest BCUT2D eigenvalue weighted by atomic mass is 19.4. The normalized spacial score (nSPS) is 13.5. The summed E-state index contributed by atoms with van der Waals surface area (Å²) in [5.74, 6) is -3.38. The molecule has 0 aliphatic heterocycles. The maximum atomic E-state index is 12.9. The second kappa shape index (κ2) is 11.5. The summed E-state index contributed by atoms with van der Waals surface area (Å²) in [6.45, 7) is 4.69. The first-order valence-electron chi connectivity index (χ1n) is 12.7. The van der Waals surface area contributed by atoms with Gasteiger partial charge in [0.15, 0.2) is 0 Å². The molecule has 0 fully saturated rings. The Hall–Kier alpha value is -4.54. The second-order valence-corrected chi connectivity index (χ2v) is 10.5. The first-order chi connectivity index (χ1) is 19.2. The lowest BCUT2D eigenvalue weighted by Gasteiger charge is -2.21. The molecule has 8 nitrogen and oxygen atoms in total. The van der Waals surface area contributed by atoms with Crippen molar-refractivity contribution in [3.05, 3.63) is 89.0 Å². The summed E-state index contributed by atoms with van der Waals surface area (Å²) >= 11 is 0. The molecule has 0 saturated heterocycles. The number of benzene rings is 3. The summed E-state index contributed by atoms with van der Waals surface area (Å²) < 4.78 is 53.4. The molecule has 0 unspecified atom stereocenters. The fourth-order valence-corrected chi connectivity index (χ4v) is 4.64. The van der Waals surface area contributed by atoms with Gasteiger partial charge in [-0.3, -0.25) is 0 Å². The van der Waals surface area contributed by atoms with Crippen molar-refractivity contribution in [1.29, 1.82) is 0 Å². The lowest BCUT2D eigenvalue weighted by Crippen LogP contribution is -2.43. The molecule has 0 aromatic heterocycles. The third-order valence-corrected chi connectivity index (χ3v) is 6.21. The minimum absolute atomic E-state index is 0.0149. The first-order valence-corrected chi connectivity index (χ1v) is 12.7. The summed E-state index contributed by atoms with van der Waals surface area (Å²) in [5, 5.41) is 12.0. The summed E-state index contributed by atoms with van der Waals surface area (Å²) in [7, 11) is 0. The number of carboxylic acid groups (broad SMARTS) is 1. The Bertz CT molecular complexity index is 1420. The van der Waals surface area contributed by atoms with Crippen LogP contribution < -0.4 is 10.1 Å². The van der Waals surface area contributed by atoms with Crippen LogP contribution in [0.2, 0.25) is 0 Å². The quantitative estimate of drug-likeness (QED) is 0.316. The van der Waals surface area contributed by atoms with E-state index >= 15 is 0 Å². The molecule has 2 N–H and O–H groups in total. The molecule has 41 heavy (non-hydrogen) atoms. The van der Waals surface area contributed by atoms with Gasteiger partial charge in [0.25, 0.3) is 0 Å². The Morgan fingerprint density at radius 3 is 2.05 bits per heavy atom. The SMILES string of the molecule is CC(C)(C)OC(=O)c1cc(C[C@H](NC(=O)OCC2c3ccccc3-c3ccccc32)C(=O)O)cc(OC(F)(F)F)c1.